The van der Waals surface area contributed by atoms with Gasteiger partial charge in [-0.1, -0.05) is 53.5 Å². The maximum Gasteiger partial charge on any atom is 0.0555 e. The SMILES string of the molecule is CCCCN(c1ccccc1)c1ccc(CBr)cc1Br. The van der Waals surface area contributed by atoms with E-state index in [1.54, 1.807) is 0 Å². The third kappa shape index (κ3) is 3.86. The molecule has 0 spiro atoms. The molecule has 0 unspecified atom stereocenters. The van der Waals surface area contributed by atoms with Crippen LogP contribution >= 0.6 is 31.9 Å². The molecule has 0 aliphatic carbocycles. The Kier molecular flexibility index (Phi) is 6.11. The molecule has 0 aliphatic rings. The van der Waals surface area contributed by atoms with Crippen molar-refractivity contribution in [2.24, 2.45) is 0 Å². The van der Waals surface area contributed by atoms with Gasteiger partial charge in [0.25, 0.3) is 0 Å². The molecule has 0 bridgehead atoms. The highest BCUT2D eigenvalue weighted by Gasteiger charge is 2.12. The van der Waals surface area contributed by atoms with Crippen molar-refractivity contribution in [2.45, 2.75) is 25.1 Å². The lowest BCUT2D eigenvalue weighted by atomic mass is 10.1. The van der Waals surface area contributed by atoms with E-state index in [0.717, 1.165) is 16.3 Å². The molecule has 3 heteroatoms. The smallest absolute Gasteiger partial charge is 0.0555 e. The number of rotatable bonds is 6. The molecule has 20 heavy (non-hydrogen) atoms. The summed E-state index contributed by atoms with van der Waals surface area (Å²) < 4.78 is 1.15. The average Bonchev–Trinajstić information content (AvgIpc) is 2.50. The predicted molar refractivity (Wildman–Crippen MR) is 95.1 cm³/mol. The molecule has 0 aliphatic heterocycles. The van der Waals surface area contributed by atoms with Gasteiger partial charge in [-0.2, -0.15) is 0 Å². The van der Waals surface area contributed by atoms with Gasteiger partial charge in [-0.05, 0) is 52.2 Å². The minimum absolute atomic E-state index is 0.881. The minimum atomic E-state index is 0.881. The van der Waals surface area contributed by atoms with Gasteiger partial charge in [0.05, 0.1) is 5.69 Å². The predicted octanol–water partition coefficient (Wildman–Crippen LogP) is 6.28. The van der Waals surface area contributed by atoms with Gasteiger partial charge in [0, 0.05) is 22.0 Å². The maximum absolute atomic E-state index is 3.72. The monoisotopic (exact) mass is 395 g/mol. The molecule has 0 heterocycles. The quantitative estimate of drug-likeness (QED) is 0.519. The molecule has 0 N–H and O–H groups in total. The lowest BCUT2D eigenvalue weighted by Crippen LogP contribution is -2.18. The Labute approximate surface area is 138 Å². The summed E-state index contributed by atoms with van der Waals surface area (Å²) in [5.74, 6) is 0. The van der Waals surface area contributed by atoms with Crippen LogP contribution in [0, 0.1) is 0 Å². The number of para-hydroxylation sites is 1. The minimum Gasteiger partial charge on any atom is -0.341 e. The number of nitrogens with zero attached hydrogens (tertiary/aromatic N) is 1. The van der Waals surface area contributed by atoms with E-state index in [1.807, 2.05) is 0 Å². The molecule has 0 radical (unpaired) electrons. The lowest BCUT2D eigenvalue weighted by Gasteiger charge is -2.26. The van der Waals surface area contributed by atoms with Crippen LogP contribution in [0.2, 0.25) is 0 Å². The number of unbranched alkanes of at least 4 members (excludes halogenated alkanes) is 1. The van der Waals surface area contributed by atoms with Gasteiger partial charge in [-0.15, -0.1) is 0 Å². The van der Waals surface area contributed by atoms with Crippen LogP contribution < -0.4 is 4.90 Å². The lowest BCUT2D eigenvalue weighted by molar-refractivity contribution is 0.785. The number of alkyl halides is 1. The van der Waals surface area contributed by atoms with Crippen LogP contribution in [-0.4, -0.2) is 6.54 Å². The molecule has 0 aromatic heterocycles. The summed E-state index contributed by atoms with van der Waals surface area (Å²) in [5, 5.41) is 0.881. The van der Waals surface area contributed by atoms with Crippen molar-refractivity contribution in [2.75, 3.05) is 11.4 Å². The first kappa shape index (κ1) is 15.6. The van der Waals surface area contributed by atoms with Crippen molar-refractivity contribution in [3.63, 3.8) is 0 Å². The normalized spacial score (nSPS) is 10.6. The van der Waals surface area contributed by atoms with Crippen molar-refractivity contribution in [1.29, 1.82) is 0 Å². The zero-order valence-electron chi connectivity index (χ0n) is 11.7. The summed E-state index contributed by atoms with van der Waals surface area (Å²) in [4.78, 5) is 2.38. The van der Waals surface area contributed by atoms with Crippen LogP contribution in [0.4, 0.5) is 11.4 Å². The summed E-state index contributed by atoms with van der Waals surface area (Å²) in [6.45, 7) is 3.26. The second-order valence-corrected chi connectivity index (χ2v) is 6.18. The first-order valence-corrected chi connectivity index (χ1v) is 8.84. The first-order valence-electron chi connectivity index (χ1n) is 6.93. The van der Waals surface area contributed by atoms with E-state index in [4.69, 9.17) is 0 Å². The number of benzene rings is 2. The standard InChI is InChI=1S/C17H19Br2N/c1-2-3-11-20(15-7-5-4-6-8-15)17-10-9-14(13-18)12-16(17)19/h4-10,12H,2-3,11,13H2,1H3. The summed E-state index contributed by atoms with van der Waals surface area (Å²) in [6, 6.07) is 17.1. The van der Waals surface area contributed by atoms with E-state index in [2.05, 4.69) is 92.2 Å². The summed E-state index contributed by atoms with van der Waals surface area (Å²) in [7, 11) is 0. The van der Waals surface area contributed by atoms with Crippen LogP contribution in [0.1, 0.15) is 25.3 Å². The molecule has 2 aromatic rings. The molecule has 0 amide bonds. The van der Waals surface area contributed by atoms with Gasteiger partial charge in [0.2, 0.25) is 0 Å². The number of halogens is 2. The van der Waals surface area contributed by atoms with E-state index >= 15 is 0 Å². The number of anilines is 2. The summed E-state index contributed by atoms with van der Waals surface area (Å²) in [5.41, 5.74) is 3.76. The summed E-state index contributed by atoms with van der Waals surface area (Å²) in [6.07, 6.45) is 2.38. The fourth-order valence-electron chi connectivity index (χ4n) is 2.17. The van der Waals surface area contributed by atoms with E-state index in [0.29, 0.717) is 0 Å². The van der Waals surface area contributed by atoms with Crippen molar-refractivity contribution in [3.05, 3.63) is 58.6 Å². The molecule has 0 saturated carbocycles. The van der Waals surface area contributed by atoms with Crippen LogP contribution in [0.25, 0.3) is 0 Å². The fraction of sp³-hybridized carbons (Fsp3) is 0.294. The molecule has 0 atom stereocenters. The zero-order chi connectivity index (χ0) is 14.4. The van der Waals surface area contributed by atoms with Gasteiger partial charge in [0.1, 0.15) is 0 Å². The largest absolute Gasteiger partial charge is 0.341 e. The highest BCUT2D eigenvalue weighted by Crippen LogP contribution is 2.33. The fourth-order valence-corrected chi connectivity index (χ4v) is 3.15. The maximum atomic E-state index is 3.72. The summed E-state index contributed by atoms with van der Waals surface area (Å²) >= 11 is 7.22. The third-order valence-electron chi connectivity index (χ3n) is 3.26. The number of hydrogen-bond donors (Lipinski definition) is 0. The van der Waals surface area contributed by atoms with Gasteiger partial charge in [-0.25, -0.2) is 0 Å². The molecular weight excluding hydrogens is 378 g/mol. The zero-order valence-corrected chi connectivity index (χ0v) is 14.8. The van der Waals surface area contributed by atoms with Crippen LogP contribution in [0.5, 0.6) is 0 Å². The highest BCUT2D eigenvalue weighted by atomic mass is 79.9. The van der Waals surface area contributed by atoms with E-state index in [9.17, 15) is 0 Å². The Bertz CT molecular complexity index is 540. The van der Waals surface area contributed by atoms with Crippen LogP contribution in [0.15, 0.2) is 53.0 Å². The molecule has 0 fully saturated rings. The first-order chi connectivity index (χ1) is 9.76. The van der Waals surface area contributed by atoms with Crippen molar-refractivity contribution in [1.82, 2.24) is 0 Å². The van der Waals surface area contributed by atoms with Gasteiger partial charge in [0.15, 0.2) is 0 Å². The second-order valence-electron chi connectivity index (χ2n) is 4.76. The Morgan fingerprint density at radius 1 is 1.05 bits per heavy atom. The van der Waals surface area contributed by atoms with E-state index in [-0.39, 0.29) is 0 Å². The Balaban J connectivity index is 2.36. The van der Waals surface area contributed by atoms with Gasteiger partial charge >= 0.3 is 0 Å². The van der Waals surface area contributed by atoms with Crippen molar-refractivity contribution >= 4 is 43.2 Å². The number of hydrogen-bond acceptors (Lipinski definition) is 1. The average molecular weight is 397 g/mol. The van der Waals surface area contributed by atoms with Crippen LogP contribution in [-0.2, 0) is 5.33 Å². The Hall–Kier alpha value is -0.800. The highest BCUT2D eigenvalue weighted by molar-refractivity contribution is 9.10. The Morgan fingerprint density at radius 3 is 2.40 bits per heavy atom. The molecular formula is C17H19Br2N. The van der Waals surface area contributed by atoms with Crippen LogP contribution in [0.3, 0.4) is 0 Å². The molecule has 2 aromatic carbocycles. The van der Waals surface area contributed by atoms with E-state index < -0.39 is 0 Å². The second kappa shape index (κ2) is 7.84. The van der Waals surface area contributed by atoms with Crippen molar-refractivity contribution < 1.29 is 0 Å². The molecule has 106 valence electrons. The Morgan fingerprint density at radius 2 is 1.80 bits per heavy atom. The van der Waals surface area contributed by atoms with Gasteiger partial charge < -0.3 is 4.90 Å². The third-order valence-corrected chi connectivity index (χ3v) is 4.54. The molecule has 2 rings (SSSR count). The van der Waals surface area contributed by atoms with E-state index in [1.165, 1.54) is 29.8 Å². The molecule has 0 saturated heterocycles. The topological polar surface area (TPSA) is 3.24 Å². The van der Waals surface area contributed by atoms with Gasteiger partial charge in [-0.3, -0.25) is 0 Å². The molecule has 1 nitrogen and oxygen atoms in total. The van der Waals surface area contributed by atoms with Crippen molar-refractivity contribution in [3.8, 4) is 0 Å².